The van der Waals surface area contributed by atoms with Gasteiger partial charge < -0.3 is 9.42 Å². The third kappa shape index (κ3) is 3.75. The molecule has 0 amide bonds. The minimum Gasteiger partial charge on any atom is -0.337 e. The minimum atomic E-state index is -2.49. The lowest BCUT2D eigenvalue weighted by molar-refractivity contribution is 0.340. The average Bonchev–Trinajstić information content (AvgIpc) is 2.38. The topological polar surface area (TPSA) is 29.5 Å². The lowest BCUT2D eigenvalue weighted by Gasteiger charge is -2.17. The van der Waals surface area contributed by atoms with E-state index in [4.69, 9.17) is 16.3 Å². The first-order valence-electron chi connectivity index (χ1n) is 4.30. The van der Waals surface area contributed by atoms with Crippen molar-refractivity contribution in [3.63, 3.8) is 0 Å². The highest BCUT2D eigenvalue weighted by Crippen LogP contribution is 2.60. The van der Waals surface area contributed by atoms with Crippen molar-refractivity contribution in [3.05, 3.63) is 0 Å². The van der Waals surface area contributed by atoms with E-state index in [2.05, 4.69) is 0 Å². The van der Waals surface area contributed by atoms with Crippen LogP contribution >= 0.6 is 17.1 Å². The summed E-state index contributed by atoms with van der Waals surface area (Å²) < 4.78 is 5.14. The Morgan fingerprint density at radius 2 is 2.17 bits per heavy atom. The van der Waals surface area contributed by atoms with E-state index in [1.807, 2.05) is 6.92 Å². The molecule has 5 heteroatoms. The van der Waals surface area contributed by atoms with E-state index in [0.717, 1.165) is 0 Å². The van der Waals surface area contributed by atoms with Crippen molar-refractivity contribution in [3.8, 4) is 0 Å². The van der Waals surface area contributed by atoms with Crippen molar-refractivity contribution in [2.45, 2.75) is 37.9 Å². The zero-order valence-corrected chi connectivity index (χ0v) is 9.76. The van der Waals surface area contributed by atoms with Gasteiger partial charge in [-0.2, -0.15) is 0 Å². The smallest absolute Gasteiger partial charge is 0.244 e. The van der Waals surface area contributed by atoms with Crippen LogP contribution in [0.5, 0.6) is 0 Å². The second kappa shape index (κ2) is 4.97. The maximum Gasteiger partial charge on any atom is 0.244 e. The molecule has 1 atom stereocenters. The Morgan fingerprint density at radius 1 is 1.58 bits per heavy atom. The van der Waals surface area contributed by atoms with E-state index < -0.39 is 5.69 Å². The van der Waals surface area contributed by atoms with Crippen LogP contribution in [-0.2, 0) is 16.3 Å². The SMILES string of the molecule is CCOP(O)(=S)SC1CCCC1. The monoisotopic (exact) mass is 226 g/mol. The second-order valence-electron chi connectivity index (χ2n) is 2.90. The molecule has 0 aliphatic heterocycles. The summed E-state index contributed by atoms with van der Waals surface area (Å²) in [5.74, 6) is 0. The van der Waals surface area contributed by atoms with Gasteiger partial charge in [-0.25, -0.2) is 0 Å². The zero-order chi connectivity index (χ0) is 9.03. The molecular weight excluding hydrogens is 211 g/mol. The maximum atomic E-state index is 9.64. The van der Waals surface area contributed by atoms with Gasteiger partial charge in [0.1, 0.15) is 0 Å². The lowest BCUT2D eigenvalue weighted by Crippen LogP contribution is -1.95. The fourth-order valence-corrected chi connectivity index (χ4v) is 6.36. The van der Waals surface area contributed by atoms with E-state index in [-0.39, 0.29) is 0 Å². The van der Waals surface area contributed by atoms with Crippen LogP contribution in [0.1, 0.15) is 32.6 Å². The van der Waals surface area contributed by atoms with Gasteiger partial charge in [-0.1, -0.05) is 24.2 Å². The normalized spacial score (nSPS) is 24.2. The molecule has 1 aliphatic rings. The molecule has 0 saturated heterocycles. The van der Waals surface area contributed by atoms with Gasteiger partial charge in [-0.3, -0.25) is 0 Å². The Kier molecular flexibility index (Phi) is 4.55. The summed E-state index contributed by atoms with van der Waals surface area (Å²) in [7, 11) is 0. The molecule has 1 fully saturated rings. The van der Waals surface area contributed by atoms with Crippen molar-refractivity contribution >= 4 is 28.9 Å². The van der Waals surface area contributed by atoms with E-state index >= 15 is 0 Å². The molecule has 1 saturated carbocycles. The molecule has 1 aliphatic carbocycles. The van der Waals surface area contributed by atoms with Crippen molar-refractivity contribution in [2.75, 3.05) is 6.61 Å². The molecule has 0 bridgehead atoms. The zero-order valence-electron chi connectivity index (χ0n) is 7.23. The van der Waals surface area contributed by atoms with Gasteiger partial charge in [0, 0.05) is 5.25 Å². The van der Waals surface area contributed by atoms with Crippen LogP contribution in [-0.4, -0.2) is 16.8 Å². The third-order valence-corrected chi connectivity index (χ3v) is 6.60. The van der Waals surface area contributed by atoms with Crippen LogP contribution in [0.4, 0.5) is 0 Å². The van der Waals surface area contributed by atoms with Gasteiger partial charge in [0.15, 0.2) is 0 Å². The summed E-state index contributed by atoms with van der Waals surface area (Å²) in [6, 6.07) is 0. The summed E-state index contributed by atoms with van der Waals surface area (Å²) in [4.78, 5) is 9.64. The Balaban J connectivity index is 2.32. The summed E-state index contributed by atoms with van der Waals surface area (Å²) in [6.45, 7) is 2.39. The Bertz CT molecular complexity index is 180. The highest BCUT2D eigenvalue weighted by atomic mass is 32.9. The van der Waals surface area contributed by atoms with Crippen LogP contribution in [0.2, 0.25) is 0 Å². The molecule has 0 heterocycles. The molecule has 0 radical (unpaired) electrons. The Hall–Kier alpha value is 0.920. The van der Waals surface area contributed by atoms with Crippen LogP contribution in [0, 0.1) is 0 Å². The number of hydrogen-bond acceptors (Lipinski definition) is 3. The highest BCUT2D eigenvalue weighted by molar-refractivity contribution is 8.67. The van der Waals surface area contributed by atoms with E-state index in [1.54, 1.807) is 0 Å². The molecular formula is C7H15O2PS2. The van der Waals surface area contributed by atoms with E-state index in [1.165, 1.54) is 37.1 Å². The van der Waals surface area contributed by atoms with Crippen molar-refractivity contribution in [1.29, 1.82) is 0 Å². The molecule has 1 N–H and O–H groups in total. The average molecular weight is 226 g/mol. The summed E-state index contributed by atoms with van der Waals surface area (Å²) >= 11 is 6.48. The number of rotatable bonds is 4. The molecule has 72 valence electrons. The summed E-state index contributed by atoms with van der Waals surface area (Å²) in [6.07, 6.45) is 4.94. The first kappa shape index (κ1) is 11.0. The third-order valence-electron chi connectivity index (χ3n) is 1.88. The van der Waals surface area contributed by atoms with E-state index in [9.17, 15) is 4.89 Å². The minimum absolute atomic E-state index is 0.521. The summed E-state index contributed by atoms with van der Waals surface area (Å²) in [5, 5.41) is 0.549. The first-order valence-corrected chi connectivity index (χ1v) is 8.45. The van der Waals surface area contributed by atoms with Crippen molar-refractivity contribution < 1.29 is 9.42 Å². The summed E-state index contributed by atoms with van der Waals surface area (Å²) in [5.41, 5.74) is -2.49. The van der Waals surface area contributed by atoms with Crippen molar-refractivity contribution in [1.82, 2.24) is 0 Å². The molecule has 2 nitrogen and oxygen atoms in total. The van der Waals surface area contributed by atoms with Crippen LogP contribution < -0.4 is 0 Å². The van der Waals surface area contributed by atoms with Crippen LogP contribution in [0.3, 0.4) is 0 Å². The second-order valence-corrected chi connectivity index (χ2v) is 9.27. The molecule has 0 spiro atoms. The van der Waals surface area contributed by atoms with Gasteiger partial charge >= 0.3 is 0 Å². The fraction of sp³-hybridized carbons (Fsp3) is 1.00. The Labute approximate surface area is 83.0 Å². The lowest BCUT2D eigenvalue weighted by atomic mass is 10.4. The fourth-order valence-electron chi connectivity index (χ4n) is 1.38. The predicted octanol–water partition coefficient (Wildman–Crippen LogP) is 2.92. The van der Waals surface area contributed by atoms with Gasteiger partial charge in [0.05, 0.1) is 6.61 Å². The quantitative estimate of drug-likeness (QED) is 0.746. The molecule has 0 aromatic carbocycles. The first-order chi connectivity index (χ1) is 5.64. The van der Waals surface area contributed by atoms with Gasteiger partial charge in [0.2, 0.25) is 5.69 Å². The maximum absolute atomic E-state index is 9.64. The van der Waals surface area contributed by atoms with Gasteiger partial charge in [-0.05, 0) is 31.6 Å². The molecule has 1 unspecified atom stereocenters. The highest BCUT2D eigenvalue weighted by Gasteiger charge is 2.24. The molecule has 0 aromatic rings. The van der Waals surface area contributed by atoms with Crippen molar-refractivity contribution in [2.24, 2.45) is 0 Å². The van der Waals surface area contributed by atoms with Gasteiger partial charge in [-0.15, -0.1) is 0 Å². The Morgan fingerprint density at radius 3 is 2.67 bits per heavy atom. The van der Waals surface area contributed by atoms with E-state index in [0.29, 0.717) is 11.9 Å². The molecule has 1 rings (SSSR count). The molecule has 12 heavy (non-hydrogen) atoms. The van der Waals surface area contributed by atoms with Gasteiger partial charge in [0.25, 0.3) is 0 Å². The molecule has 0 aromatic heterocycles. The predicted molar refractivity (Wildman–Crippen MR) is 58.0 cm³/mol. The largest absolute Gasteiger partial charge is 0.337 e. The van der Waals surface area contributed by atoms with Crippen LogP contribution in [0.25, 0.3) is 0 Å². The van der Waals surface area contributed by atoms with Crippen LogP contribution in [0.15, 0.2) is 0 Å². The number of hydrogen-bond donors (Lipinski definition) is 1. The standard InChI is InChI=1S/C7H15O2PS2/c1-2-9-10(8,11)12-7-5-3-4-6-7/h7H,2-6H2,1H3,(H,8,11).